The molecular formula is C17H24N4O3. The minimum atomic E-state index is -0.216. The molecule has 130 valence electrons. The summed E-state index contributed by atoms with van der Waals surface area (Å²) in [5, 5.41) is 9.79. The average molecular weight is 332 g/mol. The van der Waals surface area contributed by atoms with Crippen LogP contribution in [0.2, 0.25) is 0 Å². The van der Waals surface area contributed by atoms with E-state index in [1.165, 1.54) is 4.57 Å². The number of fused-ring (bicyclic) bond motifs is 1. The fourth-order valence-electron chi connectivity index (χ4n) is 2.70. The van der Waals surface area contributed by atoms with Gasteiger partial charge in [-0.2, -0.15) is 0 Å². The molecule has 0 aliphatic carbocycles. The maximum Gasteiger partial charge on any atom is 0.262 e. The van der Waals surface area contributed by atoms with Crippen LogP contribution in [0, 0.1) is 0 Å². The number of nitrogens with zero attached hydrogens (tertiary/aromatic N) is 4. The van der Waals surface area contributed by atoms with Crippen molar-refractivity contribution >= 4 is 22.8 Å². The molecule has 7 nitrogen and oxygen atoms in total. The Morgan fingerprint density at radius 3 is 2.54 bits per heavy atom. The summed E-state index contributed by atoms with van der Waals surface area (Å²) in [4.78, 5) is 32.9. The molecule has 7 heteroatoms. The van der Waals surface area contributed by atoms with Crippen LogP contribution < -0.4 is 10.5 Å². The highest BCUT2D eigenvalue weighted by Crippen LogP contribution is 2.14. The van der Waals surface area contributed by atoms with E-state index in [9.17, 15) is 14.7 Å². The Morgan fingerprint density at radius 1 is 1.25 bits per heavy atom. The molecule has 0 fully saturated rings. The second kappa shape index (κ2) is 7.92. The van der Waals surface area contributed by atoms with Gasteiger partial charge in [0, 0.05) is 20.1 Å². The van der Waals surface area contributed by atoms with E-state index in [0.29, 0.717) is 29.9 Å². The van der Waals surface area contributed by atoms with Crippen LogP contribution in [0.25, 0.3) is 10.9 Å². The second-order valence-corrected chi connectivity index (χ2v) is 5.53. The van der Waals surface area contributed by atoms with Crippen LogP contribution in [-0.4, -0.2) is 58.8 Å². The van der Waals surface area contributed by atoms with Gasteiger partial charge in [0.25, 0.3) is 5.56 Å². The van der Waals surface area contributed by atoms with E-state index >= 15 is 0 Å². The summed E-state index contributed by atoms with van der Waals surface area (Å²) in [6.45, 7) is 5.21. The molecule has 1 N–H and O–H groups in total. The maximum absolute atomic E-state index is 12.7. The van der Waals surface area contributed by atoms with E-state index in [1.807, 2.05) is 19.9 Å². The molecule has 0 unspecified atom stereocenters. The zero-order valence-electron chi connectivity index (χ0n) is 14.4. The summed E-state index contributed by atoms with van der Waals surface area (Å²) in [5.41, 5.74) is 0.362. The lowest BCUT2D eigenvalue weighted by atomic mass is 10.2. The maximum atomic E-state index is 12.7. The molecular weight excluding hydrogens is 308 g/mol. The van der Waals surface area contributed by atoms with Crippen molar-refractivity contribution in [3.05, 3.63) is 34.6 Å². The van der Waals surface area contributed by atoms with E-state index in [-0.39, 0.29) is 31.2 Å². The van der Waals surface area contributed by atoms with Gasteiger partial charge in [-0.05, 0) is 26.0 Å². The van der Waals surface area contributed by atoms with Gasteiger partial charge in [0.05, 0.1) is 30.6 Å². The number of aliphatic hydroxyl groups excluding tert-OH is 1. The van der Waals surface area contributed by atoms with E-state index in [2.05, 4.69) is 4.98 Å². The van der Waals surface area contributed by atoms with Gasteiger partial charge in [-0.15, -0.1) is 0 Å². The summed E-state index contributed by atoms with van der Waals surface area (Å²) >= 11 is 0. The summed E-state index contributed by atoms with van der Waals surface area (Å²) in [7, 11) is 1.73. The number of likely N-dealkylation sites (N-methyl/N-ethyl adjacent to an activating group) is 2. The van der Waals surface area contributed by atoms with Crippen LogP contribution in [0.3, 0.4) is 0 Å². The van der Waals surface area contributed by atoms with Gasteiger partial charge < -0.3 is 14.9 Å². The highest BCUT2D eigenvalue weighted by molar-refractivity contribution is 5.82. The van der Waals surface area contributed by atoms with Crippen molar-refractivity contribution in [2.45, 2.75) is 20.4 Å². The summed E-state index contributed by atoms with van der Waals surface area (Å²) in [6, 6.07) is 7.07. The van der Waals surface area contributed by atoms with Gasteiger partial charge in [-0.3, -0.25) is 14.2 Å². The number of anilines is 1. The molecule has 0 aliphatic rings. The first-order chi connectivity index (χ1) is 11.5. The van der Waals surface area contributed by atoms with E-state index in [4.69, 9.17) is 0 Å². The van der Waals surface area contributed by atoms with Gasteiger partial charge >= 0.3 is 0 Å². The number of carbonyl (C=O) groups is 1. The van der Waals surface area contributed by atoms with Crippen LogP contribution in [0.4, 0.5) is 5.95 Å². The Morgan fingerprint density at radius 2 is 1.92 bits per heavy atom. The number of carbonyl (C=O) groups excluding carboxylic acids is 1. The lowest BCUT2D eigenvalue weighted by Gasteiger charge is -2.25. The molecule has 0 aliphatic heterocycles. The lowest BCUT2D eigenvalue weighted by molar-refractivity contribution is -0.129. The Kier molecular flexibility index (Phi) is 5.92. The Bertz CT molecular complexity index is 768. The van der Waals surface area contributed by atoms with Crippen LogP contribution in [-0.2, 0) is 11.3 Å². The molecule has 2 rings (SSSR count). The molecule has 0 atom stereocenters. The first-order valence-corrected chi connectivity index (χ1v) is 8.12. The fourth-order valence-corrected chi connectivity index (χ4v) is 2.70. The van der Waals surface area contributed by atoms with Crippen LogP contribution >= 0.6 is 0 Å². The largest absolute Gasteiger partial charge is 0.395 e. The second-order valence-electron chi connectivity index (χ2n) is 5.53. The van der Waals surface area contributed by atoms with Gasteiger partial charge in [-0.1, -0.05) is 12.1 Å². The number of aromatic nitrogens is 2. The van der Waals surface area contributed by atoms with Crippen molar-refractivity contribution in [3.63, 3.8) is 0 Å². The quantitative estimate of drug-likeness (QED) is 0.807. The van der Waals surface area contributed by atoms with Gasteiger partial charge in [0.15, 0.2) is 0 Å². The Labute approximate surface area is 141 Å². The molecule has 0 radical (unpaired) electrons. The molecule has 0 saturated carbocycles. The number of benzene rings is 1. The Balaban J connectivity index is 2.44. The molecule has 0 bridgehead atoms. The summed E-state index contributed by atoms with van der Waals surface area (Å²) < 4.78 is 1.41. The van der Waals surface area contributed by atoms with E-state index in [0.717, 1.165) is 0 Å². The van der Waals surface area contributed by atoms with Crippen molar-refractivity contribution in [2.75, 3.05) is 38.2 Å². The predicted molar refractivity (Wildman–Crippen MR) is 94.3 cm³/mol. The minimum absolute atomic E-state index is 0.0274. The normalized spacial score (nSPS) is 10.8. The zero-order valence-corrected chi connectivity index (χ0v) is 14.4. The highest BCUT2D eigenvalue weighted by Gasteiger charge is 2.18. The predicted octanol–water partition coefficient (Wildman–Crippen LogP) is 0.693. The number of hydrogen-bond acceptors (Lipinski definition) is 5. The number of rotatable bonds is 7. The third-order valence-electron chi connectivity index (χ3n) is 4.00. The van der Waals surface area contributed by atoms with Crippen LogP contribution in [0.1, 0.15) is 13.8 Å². The van der Waals surface area contributed by atoms with Crippen molar-refractivity contribution < 1.29 is 9.90 Å². The van der Waals surface area contributed by atoms with Gasteiger partial charge in [0.2, 0.25) is 11.9 Å². The molecule has 1 amide bonds. The molecule has 0 saturated heterocycles. The number of aliphatic hydroxyl groups is 1. The molecule has 1 aromatic carbocycles. The monoisotopic (exact) mass is 332 g/mol. The minimum Gasteiger partial charge on any atom is -0.395 e. The smallest absolute Gasteiger partial charge is 0.262 e. The van der Waals surface area contributed by atoms with Crippen LogP contribution in [0.15, 0.2) is 29.1 Å². The summed E-state index contributed by atoms with van der Waals surface area (Å²) in [5.74, 6) is 0.355. The fraction of sp³-hybridized carbons (Fsp3) is 0.471. The number of amides is 1. The van der Waals surface area contributed by atoms with Crippen molar-refractivity contribution in [1.29, 1.82) is 0 Å². The standard InChI is InChI=1S/C17H24N4O3/c1-4-20(5-2)15(23)12-19(3)17-18-14-9-7-6-8-13(14)16(24)21(17)10-11-22/h6-9,22H,4-5,10-12H2,1-3H3. The lowest BCUT2D eigenvalue weighted by Crippen LogP contribution is -2.41. The first kappa shape index (κ1) is 17.9. The van der Waals surface area contributed by atoms with Gasteiger partial charge in [-0.25, -0.2) is 4.98 Å². The summed E-state index contributed by atoms with van der Waals surface area (Å²) in [6.07, 6.45) is 0. The Hall–Kier alpha value is -2.41. The van der Waals surface area contributed by atoms with Crippen LogP contribution in [0.5, 0.6) is 0 Å². The SMILES string of the molecule is CCN(CC)C(=O)CN(C)c1nc2ccccc2c(=O)n1CCO. The van der Waals surface area contributed by atoms with Crippen molar-refractivity contribution in [1.82, 2.24) is 14.5 Å². The third-order valence-corrected chi connectivity index (χ3v) is 4.00. The molecule has 1 heterocycles. The molecule has 1 aromatic heterocycles. The number of hydrogen-bond donors (Lipinski definition) is 1. The highest BCUT2D eigenvalue weighted by atomic mass is 16.3. The number of para-hydroxylation sites is 1. The van der Waals surface area contributed by atoms with E-state index in [1.54, 1.807) is 35.0 Å². The first-order valence-electron chi connectivity index (χ1n) is 8.12. The van der Waals surface area contributed by atoms with Crippen molar-refractivity contribution in [2.24, 2.45) is 0 Å². The average Bonchev–Trinajstić information content (AvgIpc) is 2.58. The zero-order chi connectivity index (χ0) is 17.7. The molecule has 2 aromatic rings. The van der Waals surface area contributed by atoms with E-state index < -0.39 is 0 Å². The molecule has 24 heavy (non-hydrogen) atoms. The topological polar surface area (TPSA) is 78.7 Å². The third kappa shape index (κ3) is 3.56. The van der Waals surface area contributed by atoms with Crippen molar-refractivity contribution in [3.8, 4) is 0 Å². The molecule has 0 spiro atoms. The van der Waals surface area contributed by atoms with Gasteiger partial charge in [0.1, 0.15) is 0 Å².